The van der Waals surface area contributed by atoms with Gasteiger partial charge in [-0.15, -0.1) is 0 Å². The topological polar surface area (TPSA) is 43.4 Å². The SMILES string of the molecule is CCC1CCC1=O.COC(=O)c1ccccc1. The lowest BCUT2D eigenvalue weighted by molar-refractivity contribution is -0.129. The van der Waals surface area contributed by atoms with Gasteiger partial charge in [-0.25, -0.2) is 4.79 Å². The third-order valence-corrected chi connectivity index (χ3v) is 2.88. The highest BCUT2D eigenvalue weighted by Gasteiger charge is 2.25. The van der Waals surface area contributed by atoms with Crippen LogP contribution in [-0.4, -0.2) is 18.9 Å². The summed E-state index contributed by atoms with van der Waals surface area (Å²) in [6.45, 7) is 2.07. The van der Waals surface area contributed by atoms with Gasteiger partial charge in [-0.1, -0.05) is 25.1 Å². The monoisotopic (exact) mass is 234 g/mol. The maximum Gasteiger partial charge on any atom is 0.337 e. The molecule has 17 heavy (non-hydrogen) atoms. The van der Waals surface area contributed by atoms with Crippen LogP contribution in [0.1, 0.15) is 36.5 Å². The van der Waals surface area contributed by atoms with Crippen LogP contribution in [0.4, 0.5) is 0 Å². The number of ketones is 1. The van der Waals surface area contributed by atoms with Crippen LogP contribution in [0.2, 0.25) is 0 Å². The Labute approximate surface area is 102 Å². The number of carbonyl (C=O) groups is 2. The molecule has 0 radical (unpaired) electrons. The molecule has 1 unspecified atom stereocenters. The minimum atomic E-state index is -0.291. The minimum Gasteiger partial charge on any atom is -0.465 e. The molecule has 0 aromatic heterocycles. The summed E-state index contributed by atoms with van der Waals surface area (Å²) in [4.78, 5) is 21.3. The van der Waals surface area contributed by atoms with Crippen molar-refractivity contribution >= 4 is 11.8 Å². The molecule has 3 nitrogen and oxygen atoms in total. The van der Waals surface area contributed by atoms with Crippen molar-refractivity contribution in [2.45, 2.75) is 26.2 Å². The van der Waals surface area contributed by atoms with Gasteiger partial charge in [0.1, 0.15) is 5.78 Å². The molecule has 0 saturated heterocycles. The fourth-order valence-corrected chi connectivity index (χ4v) is 1.59. The zero-order valence-electron chi connectivity index (χ0n) is 10.3. The fourth-order valence-electron chi connectivity index (χ4n) is 1.59. The zero-order valence-corrected chi connectivity index (χ0v) is 10.3. The maximum absolute atomic E-state index is 10.8. The van der Waals surface area contributed by atoms with E-state index in [4.69, 9.17) is 0 Å². The molecule has 1 aliphatic rings. The van der Waals surface area contributed by atoms with Gasteiger partial charge in [-0.2, -0.15) is 0 Å². The van der Waals surface area contributed by atoms with Crippen molar-refractivity contribution in [2.75, 3.05) is 7.11 Å². The van der Waals surface area contributed by atoms with Gasteiger partial charge >= 0.3 is 5.97 Å². The van der Waals surface area contributed by atoms with Crippen LogP contribution in [0.3, 0.4) is 0 Å². The summed E-state index contributed by atoms with van der Waals surface area (Å²) in [6, 6.07) is 8.88. The standard InChI is InChI=1S/C8H8O2.C6H10O/c1-10-8(9)7-5-3-2-4-6-7;1-2-5-3-4-6(5)7/h2-6H,1H3;5H,2-4H2,1H3. The van der Waals surface area contributed by atoms with Crippen molar-refractivity contribution in [2.24, 2.45) is 5.92 Å². The Bertz CT molecular complexity index is 368. The van der Waals surface area contributed by atoms with E-state index in [0.29, 0.717) is 17.3 Å². The lowest BCUT2D eigenvalue weighted by Gasteiger charge is -2.21. The summed E-state index contributed by atoms with van der Waals surface area (Å²) in [5.41, 5.74) is 0.588. The van der Waals surface area contributed by atoms with Gasteiger partial charge < -0.3 is 4.74 Å². The predicted octanol–water partition coefficient (Wildman–Crippen LogP) is 2.85. The molecule has 3 heteroatoms. The second-order valence-electron chi connectivity index (χ2n) is 3.97. The lowest BCUT2D eigenvalue weighted by atomic mass is 9.82. The smallest absolute Gasteiger partial charge is 0.337 e. The Kier molecular flexibility index (Phi) is 5.40. The summed E-state index contributed by atoms with van der Waals surface area (Å²) in [5.74, 6) is 0.628. The molecule has 0 N–H and O–H groups in total. The fraction of sp³-hybridized carbons (Fsp3) is 0.429. The molecular formula is C14H18O3. The van der Waals surface area contributed by atoms with E-state index >= 15 is 0 Å². The van der Waals surface area contributed by atoms with E-state index in [1.165, 1.54) is 7.11 Å². The molecule has 1 aromatic carbocycles. The molecule has 0 aliphatic heterocycles. The normalized spacial score (nSPS) is 17.5. The highest BCUT2D eigenvalue weighted by molar-refractivity contribution is 5.89. The van der Waals surface area contributed by atoms with E-state index in [1.807, 2.05) is 6.07 Å². The first-order chi connectivity index (χ1) is 8.19. The molecule has 92 valence electrons. The second-order valence-corrected chi connectivity index (χ2v) is 3.97. The number of esters is 1. The van der Waals surface area contributed by atoms with Crippen LogP contribution in [0.15, 0.2) is 30.3 Å². The molecule has 1 atom stereocenters. The number of hydrogen-bond acceptors (Lipinski definition) is 3. The Hall–Kier alpha value is -1.64. The Morgan fingerprint density at radius 1 is 1.35 bits per heavy atom. The molecule has 1 saturated carbocycles. The predicted molar refractivity (Wildman–Crippen MR) is 65.8 cm³/mol. The summed E-state index contributed by atoms with van der Waals surface area (Å²) >= 11 is 0. The van der Waals surface area contributed by atoms with Gasteiger partial charge in [0.15, 0.2) is 0 Å². The van der Waals surface area contributed by atoms with Crippen molar-refractivity contribution in [1.29, 1.82) is 0 Å². The second kappa shape index (κ2) is 6.84. The molecule has 0 bridgehead atoms. The third-order valence-electron chi connectivity index (χ3n) is 2.88. The molecule has 1 aliphatic carbocycles. The number of Topliss-reactive ketones (excluding diaryl/α,β-unsaturated/α-hetero) is 1. The van der Waals surface area contributed by atoms with Crippen LogP contribution >= 0.6 is 0 Å². The van der Waals surface area contributed by atoms with E-state index < -0.39 is 0 Å². The van der Waals surface area contributed by atoms with Crippen LogP contribution < -0.4 is 0 Å². The van der Waals surface area contributed by atoms with Gasteiger partial charge in [-0.3, -0.25) is 4.79 Å². The summed E-state index contributed by atoms with van der Waals surface area (Å²) < 4.78 is 4.50. The number of carbonyl (C=O) groups excluding carboxylic acids is 2. The largest absolute Gasteiger partial charge is 0.465 e. The molecule has 1 fully saturated rings. The van der Waals surface area contributed by atoms with Gasteiger partial charge in [0, 0.05) is 12.3 Å². The average Bonchev–Trinajstić information content (AvgIpc) is 2.38. The van der Waals surface area contributed by atoms with Crippen molar-refractivity contribution in [1.82, 2.24) is 0 Å². The van der Waals surface area contributed by atoms with Gasteiger partial charge in [0.25, 0.3) is 0 Å². The van der Waals surface area contributed by atoms with Crippen molar-refractivity contribution in [3.8, 4) is 0 Å². The van der Waals surface area contributed by atoms with Crippen molar-refractivity contribution < 1.29 is 14.3 Å². The summed E-state index contributed by atoms with van der Waals surface area (Å²) in [5, 5.41) is 0. The van der Waals surface area contributed by atoms with E-state index in [1.54, 1.807) is 24.3 Å². The first-order valence-electron chi connectivity index (χ1n) is 5.85. The van der Waals surface area contributed by atoms with E-state index in [2.05, 4.69) is 11.7 Å². The Balaban J connectivity index is 0.000000181. The maximum atomic E-state index is 10.8. The number of benzene rings is 1. The lowest BCUT2D eigenvalue weighted by Crippen LogP contribution is -2.24. The van der Waals surface area contributed by atoms with E-state index in [0.717, 1.165) is 19.3 Å². The highest BCUT2D eigenvalue weighted by atomic mass is 16.5. The van der Waals surface area contributed by atoms with Gasteiger partial charge in [0.2, 0.25) is 0 Å². The molecular weight excluding hydrogens is 216 g/mol. The number of rotatable bonds is 2. The van der Waals surface area contributed by atoms with Crippen LogP contribution in [0.5, 0.6) is 0 Å². The molecule has 1 aromatic rings. The molecule has 2 rings (SSSR count). The van der Waals surface area contributed by atoms with Crippen LogP contribution in [0.25, 0.3) is 0 Å². The van der Waals surface area contributed by atoms with Gasteiger partial charge in [-0.05, 0) is 25.0 Å². The Morgan fingerprint density at radius 2 is 2.00 bits per heavy atom. The van der Waals surface area contributed by atoms with Crippen LogP contribution in [0, 0.1) is 5.92 Å². The zero-order chi connectivity index (χ0) is 12.7. The summed E-state index contributed by atoms with van der Waals surface area (Å²) in [7, 11) is 1.37. The first-order valence-corrected chi connectivity index (χ1v) is 5.85. The molecule has 0 heterocycles. The molecule has 0 spiro atoms. The van der Waals surface area contributed by atoms with Crippen molar-refractivity contribution in [3.05, 3.63) is 35.9 Å². The first kappa shape index (κ1) is 13.4. The van der Waals surface area contributed by atoms with E-state index in [9.17, 15) is 9.59 Å². The number of methoxy groups -OCH3 is 1. The number of ether oxygens (including phenoxy) is 1. The summed E-state index contributed by atoms with van der Waals surface area (Å²) in [6.07, 6.45) is 3.05. The van der Waals surface area contributed by atoms with Gasteiger partial charge in [0.05, 0.1) is 12.7 Å². The molecule has 0 amide bonds. The minimum absolute atomic E-state index is 0.291. The Morgan fingerprint density at radius 3 is 2.29 bits per heavy atom. The van der Waals surface area contributed by atoms with E-state index in [-0.39, 0.29) is 5.97 Å². The van der Waals surface area contributed by atoms with Crippen LogP contribution in [-0.2, 0) is 9.53 Å². The van der Waals surface area contributed by atoms with Crippen molar-refractivity contribution in [3.63, 3.8) is 0 Å². The average molecular weight is 234 g/mol. The highest BCUT2D eigenvalue weighted by Crippen LogP contribution is 2.24. The quantitative estimate of drug-likeness (QED) is 0.739. The number of hydrogen-bond donors (Lipinski definition) is 0. The third kappa shape index (κ3) is 4.02.